The van der Waals surface area contributed by atoms with Crippen molar-refractivity contribution in [2.45, 2.75) is 32.7 Å². The van der Waals surface area contributed by atoms with Crippen LogP contribution in [0.15, 0.2) is 45.6 Å². The summed E-state index contributed by atoms with van der Waals surface area (Å²) in [5.41, 5.74) is 5.84. The van der Waals surface area contributed by atoms with Gasteiger partial charge in [-0.25, -0.2) is 4.79 Å². The van der Waals surface area contributed by atoms with Crippen molar-refractivity contribution in [2.75, 3.05) is 11.6 Å². The first-order chi connectivity index (χ1) is 12.2. The Bertz CT molecular complexity index is 1050. The number of fused-ring (bicyclic) bond motifs is 5. The molecule has 4 nitrogen and oxygen atoms in total. The van der Waals surface area contributed by atoms with E-state index in [4.69, 9.17) is 9.15 Å². The molecular weight excluding hydrogens is 314 g/mol. The number of anilines is 1. The quantitative estimate of drug-likeness (QED) is 0.633. The molecule has 0 fully saturated rings. The highest BCUT2D eigenvalue weighted by Crippen LogP contribution is 2.37. The molecule has 25 heavy (non-hydrogen) atoms. The van der Waals surface area contributed by atoms with Crippen LogP contribution >= 0.6 is 0 Å². The predicted molar refractivity (Wildman–Crippen MR) is 97.4 cm³/mol. The van der Waals surface area contributed by atoms with Gasteiger partial charge < -0.3 is 14.1 Å². The van der Waals surface area contributed by atoms with Gasteiger partial charge in [-0.2, -0.15) is 0 Å². The zero-order valence-corrected chi connectivity index (χ0v) is 14.2. The molecule has 0 unspecified atom stereocenters. The van der Waals surface area contributed by atoms with Gasteiger partial charge in [0, 0.05) is 16.6 Å². The first kappa shape index (κ1) is 14.6. The molecule has 0 amide bonds. The second-order valence-electron chi connectivity index (χ2n) is 6.93. The maximum Gasteiger partial charge on any atom is 0.339 e. The summed E-state index contributed by atoms with van der Waals surface area (Å²) in [4.78, 5) is 14.6. The Morgan fingerprint density at radius 2 is 1.92 bits per heavy atom. The van der Waals surface area contributed by atoms with Crippen molar-refractivity contribution in [3.63, 3.8) is 0 Å². The molecule has 5 rings (SSSR count). The third kappa shape index (κ3) is 2.24. The minimum atomic E-state index is -0.180. The lowest BCUT2D eigenvalue weighted by molar-refractivity contribution is 0.289. The highest BCUT2D eigenvalue weighted by atomic mass is 16.5. The summed E-state index contributed by atoms with van der Waals surface area (Å²) in [5, 5.41) is 1.07. The van der Waals surface area contributed by atoms with Crippen molar-refractivity contribution in [3.05, 3.63) is 69.1 Å². The number of rotatable bonds is 1. The second-order valence-corrected chi connectivity index (χ2v) is 6.93. The van der Waals surface area contributed by atoms with Crippen molar-refractivity contribution >= 4 is 16.7 Å². The molecule has 0 radical (unpaired) electrons. The summed E-state index contributed by atoms with van der Waals surface area (Å²) in [5.74, 6) is 0.817. The highest BCUT2D eigenvalue weighted by Gasteiger charge is 2.26. The normalized spacial score (nSPS) is 15.8. The first-order valence-electron chi connectivity index (χ1n) is 8.75. The van der Waals surface area contributed by atoms with Crippen molar-refractivity contribution in [2.24, 2.45) is 0 Å². The minimum absolute atomic E-state index is 0.180. The molecule has 2 heterocycles. The summed E-state index contributed by atoms with van der Waals surface area (Å²) in [6, 6.07) is 12.4. The summed E-state index contributed by atoms with van der Waals surface area (Å²) < 4.78 is 11.7. The van der Waals surface area contributed by atoms with Gasteiger partial charge in [0.1, 0.15) is 11.3 Å². The third-order valence-electron chi connectivity index (χ3n) is 5.29. The maximum atomic E-state index is 12.4. The van der Waals surface area contributed by atoms with E-state index in [1.54, 1.807) is 0 Å². The second kappa shape index (κ2) is 5.38. The average molecular weight is 333 g/mol. The molecule has 1 aliphatic carbocycles. The topological polar surface area (TPSA) is 42.7 Å². The van der Waals surface area contributed by atoms with E-state index in [0.29, 0.717) is 18.9 Å². The lowest BCUT2D eigenvalue weighted by atomic mass is 10.0. The van der Waals surface area contributed by atoms with Crippen LogP contribution in [0, 0.1) is 6.92 Å². The lowest BCUT2D eigenvalue weighted by Gasteiger charge is -2.31. The van der Waals surface area contributed by atoms with Crippen LogP contribution in [-0.2, 0) is 19.4 Å². The average Bonchev–Trinajstić information content (AvgIpc) is 3.12. The van der Waals surface area contributed by atoms with Gasteiger partial charge in [0.05, 0.1) is 12.1 Å². The zero-order chi connectivity index (χ0) is 17.0. The van der Waals surface area contributed by atoms with Crippen LogP contribution in [0.2, 0.25) is 0 Å². The molecule has 2 aliphatic rings. The molecule has 0 N–H and O–H groups in total. The van der Waals surface area contributed by atoms with Crippen LogP contribution in [0.5, 0.6) is 5.75 Å². The van der Waals surface area contributed by atoms with Gasteiger partial charge in [0.15, 0.2) is 6.73 Å². The summed E-state index contributed by atoms with van der Waals surface area (Å²) >= 11 is 0. The Morgan fingerprint density at radius 1 is 1.04 bits per heavy atom. The largest absolute Gasteiger partial charge is 0.473 e. The van der Waals surface area contributed by atoms with Crippen molar-refractivity contribution < 1.29 is 9.15 Å². The van der Waals surface area contributed by atoms with Crippen LogP contribution in [-0.4, -0.2) is 6.73 Å². The monoisotopic (exact) mass is 333 g/mol. The predicted octanol–water partition coefficient (Wildman–Crippen LogP) is 3.95. The molecule has 0 bridgehead atoms. The van der Waals surface area contributed by atoms with Crippen LogP contribution < -0.4 is 15.3 Å². The fraction of sp³-hybridized carbons (Fsp3) is 0.286. The maximum absolute atomic E-state index is 12.4. The van der Waals surface area contributed by atoms with Crippen LogP contribution in [0.25, 0.3) is 11.0 Å². The van der Waals surface area contributed by atoms with E-state index >= 15 is 0 Å². The van der Waals surface area contributed by atoms with Crippen LogP contribution in [0.3, 0.4) is 0 Å². The smallest absolute Gasteiger partial charge is 0.339 e. The van der Waals surface area contributed by atoms with Gasteiger partial charge in [0.2, 0.25) is 0 Å². The van der Waals surface area contributed by atoms with E-state index in [0.717, 1.165) is 47.2 Å². The Hall–Kier alpha value is -2.75. The van der Waals surface area contributed by atoms with Gasteiger partial charge in [-0.15, -0.1) is 0 Å². The van der Waals surface area contributed by atoms with Crippen molar-refractivity contribution in [1.82, 2.24) is 0 Å². The number of benzene rings is 2. The summed E-state index contributed by atoms with van der Waals surface area (Å²) in [6.45, 7) is 3.26. The number of ether oxygens (including phenoxy) is 1. The molecule has 0 saturated heterocycles. The highest BCUT2D eigenvalue weighted by molar-refractivity contribution is 5.87. The van der Waals surface area contributed by atoms with Gasteiger partial charge in [-0.3, -0.25) is 0 Å². The van der Waals surface area contributed by atoms with Crippen molar-refractivity contribution in [3.8, 4) is 5.75 Å². The molecule has 1 aliphatic heterocycles. The molecule has 0 saturated carbocycles. The van der Waals surface area contributed by atoms with Gasteiger partial charge in [-0.1, -0.05) is 12.1 Å². The van der Waals surface area contributed by atoms with Gasteiger partial charge >= 0.3 is 5.63 Å². The van der Waals surface area contributed by atoms with E-state index in [2.05, 4.69) is 36.1 Å². The fourth-order valence-corrected chi connectivity index (χ4v) is 4.04. The molecule has 126 valence electrons. The van der Waals surface area contributed by atoms with Crippen molar-refractivity contribution in [1.29, 1.82) is 0 Å². The van der Waals surface area contributed by atoms with Crippen LogP contribution in [0.4, 0.5) is 5.69 Å². The van der Waals surface area contributed by atoms with Gasteiger partial charge in [0.25, 0.3) is 0 Å². The Balaban J connectivity index is 1.66. The lowest BCUT2D eigenvalue weighted by Crippen LogP contribution is -2.32. The molecule has 4 heteroatoms. The minimum Gasteiger partial charge on any atom is -0.473 e. The zero-order valence-electron chi connectivity index (χ0n) is 14.2. The van der Waals surface area contributed by atoms with E-state index < -0.39 is 0 Å². The number of hydrogen-bond acceptors (Lipinski definition) is 4. The number of aryl methyl sites for hydroxylation is 2. The standard InChI is InChI=1S/C21H19NO3/c1-13-4-2-5-14(10-13)22-11-18-19(24-12-22)9-8-16-15-6-3-7-17(15)21(23)25-20(16)18/h2,4-5,8-10H,3,6-7,11-12H2,1H3. The number of hydrogen-bond donors (Lipinski definition) is 0. The molecule has 3 aromatic rings. The Labute approximate surface area is 145 Å². The molecule has 2 aromatic carbocycles. The van der Waals surface area contributed by atoms with E-state index in [1.165, 1.54) is 11.1 Å². The fourth-order valence-electron chi connectivity index (χ4n) is 4.04. The van der Waals surface area contributed by atoms with Gasteiger partial charge in [-0.05, 0) is 61.6 Å². The summed E-state index contributed by atoms with van der Waals surface area (Å²) in [7, 11) is 0. The van der Waals surface area contributed by atoms with Crippen LogP contribution in [0.1, 0.15) is 28.7 Å². The van der Waals surface area contributed by atoms with E-state index in [-0.39, 0.29) is 5.63 Å². The van der Waals surface area contributed by atoms with E-state index in [9.17, 15) is 4.79 Å². The first-order valence-corrected chi connectivity index (χ1v) is 8.75. The SMILES string of the molecule is Cc1cccc(N2COc3ccc4c5c(c(=O)oc4c3C2)CCC5)c1. The third-order valence-corrected chi connectivity index (χ3v) is 5.29. The molecule has 0 atom stereocenters. The Morgan fingerprint density at radius 3 is 2.80 bits per heavy atom. The number of nitrogens with zero attached hydrogens (tertiary/aromatic N) is 1. The molecular formula is C21H19NO3. The molecule has 0 spiro atoms. The van der Waals surface area contributed by atoms with E-state index in [1.807, 2.05) is 12.1 Å². The molecule has 1 aromatic heterocycles. The Kier molecular flexibility index (Phi) is 3.14. The summed E-state index contributed by atoms with van der Waals surface area (Å²) in [6.07, 6.45) is 2.82.